The van der Waals surface area contributed by atoms with E-state index in [9.17, 15) is 14.3 Å². The van der Waals surface area contributed by atoms with Crippen molar-refractivity contribution in [3.05, 3.63) is 41.7 Å². The van der Waals surface area contributed by atoms with Gasteiger partial charge in [-0.1, -0.05) is 32.0 Å². The molecule has 0 aromatic heterocycles. The Kier molecular flexibility index (Phi) is 5.70. The minimum Gasteiger partial charge on any atom is -0.394 e. The van der Waals surface area contributed by atoms with Crippen molar-refractivity contribution in [2.45, 2.75) is 32.2 Å². The quantitative estimate of drug-likeness (QED) is 0.776. The molecule has 1 aromatic carbocycles. The first-order chi connectivity index (χ1) is 9.06. The number of aliphatic hydroxyl groups excluding tert-OH is 1. The van der Waals surface area contributed by atoms with Crippen LogP contribution in [0.2, 0.25) is 0 Å². The van der Waals surface area contributed by atoms with Gasteiger partial charge in [0.25, 0.3) is 0 Å². The first kappa shape index (κ1) is 15.4. The number of hydrogen-bond acceptors (Lipinski definition) is 2. The SMILES string of the molecule is CCC(CC)(CO)NC(=O)C=Cc1ccccc1F. The molecule has 0 unspecified atom stereocenters. The lowest BCUT2D eigenvalue weighted by Crippen LogP contribution is -2.49. The van der Waals surface area contributed by atoms with E-state index in [1.54, 1.807) is 18.2 Å². The summed E-state index contributed by atoms with van der Waals surface area (Å²) in [5, 5.41) is 12.1. The van der Waals surface area contributed by atoms with Gasteiger partial charge in [-0.15, -0.1) is 0 Å². The second-order valence-electron chi connectivity index (χ2n) is 4.49. The molecule has 0 heterocycles. The number of hydrogen-bond donors (Lipinski definition) is 2. The van der Waals surface area contributed by atoms with Crippen LogP contribution in [0.15, 0.2) is 30.3 Å². The van der Waals surface area contributed by atoms with Crippen molar-refractivity contribution in [3.63, 3.8) is 0 Å². The van der Waals surface area contributed by atoms with E-state index in [0.29, 0.717) is 18.4 Å². The molecule has 0 aliphatic heterocycles. The van der Waals surface area contributed by atoms with E-state index in [1.165, 1.54) is 18.2 Å². The zero-order valence-corrected chi connectivity index (χ0v) is 11.3. The van der Waals surface area contributed by atoms with Crippen LogP contribution in [0.1, 0.15) is 32.3 Å². The molecule has 0 atom stereocenters. The second-order valence-corrected chi connectivity index (χ2v) is 4.49. The van der Waals surface area contributed by atoms with Gasteiger partial charge in [0.1, 0.15) is 5.82 Å². The average molecular weight is 265 g/mol. The molecular weight excluding hydrogens is 245 g/mol. The van der Waals surface area contributed by atoms with Crippen LogP contribution < -0.4 is 5.32 Å². The third-order valence-corrected chi connectivity index (χ3v) is 3.36. The Balaban J connectivity index is 2.73. The summed E-state index contributed by atoms with van der Waals surface area (Å²) in [7, 11) is 0. The van der Waals surface area contributed by atoms with Gasteiger partial charge in [0, 0.05) is 11.6 Å². The first-order valence-corrected chi connectivity index (χ1v) is 6.42. The van der Waals surface area contributed by atoms with Gasteiger partial charge in [0.05, 0.1) is 12.1 Å². The molecule has 0 spiro atoms. The number of carbonyl (C=O) groups is 1. The van der Waals surface area contributed by atoms with E-state index < -0.39 is 5.54 Å². The van der Waals surface area contributed by atoms with Gasteiger partial charge in [-0.25, -0.2) is 4.39 Å². The van der Waals surface area contributed by atoms with Crippen LogP contribution in [0.25, 0.3) is 6.08 Å². The van der Waals surface area contributed by atoms with Crippen LogP contribution in [-0.4, -0.2) is 23.2 Å². The van der Waals surface area contributed by atoms with Crippen LogP contribution in [0.4, 0.5) is 4.39 Å². The predicted octanol–water partition coefficient (Wildman–Crippen LogP) is 2.51. The van der Waals surface area contributed by atoms with Gasteiger partial charge < -0.3 is 10.4 Å². The van der Waals surface area contributed by atoms with Crippen molar-refractivity contribution in [1.82, 2.24) is 5.32 Å². The fraction of sp³-hybridized carbons (Fsp3) is 0.400. The standard InChI is InChI=1S/C15H20FNO2/c1-3-15(4-2,11-18)17-14(19)10-9-12-7-5-6-8-13(12)16/h5-10,18H,3-4,11H2,1-2H3,(H,17,19). The van der Waals surface area contributed by atoms with Crippen molar-refractivity contribution >= 4 is 12.0 Å². The molecule has 3 nitrogen and oxygen atoms in total. The molecule has 1 rings (SSSR count). The van der Waals surface area contributed by atoms with E-state index in [0.717, 1.165) is 0 Å². The lowest BCUT2D eigenvalue weighted by Gasteiger charge is -2.30. The van der Waals surface area contributed by atoms with Crippen LogP contribution in [0.5, 0.6) is 0 Å². The Morgan fingerprint density at radius 2 is 2.00 bits per heavy atom. The average Bonchev–Trinajstić information content (AvgIpc) is 2.44. The number of amides is 1. The highest BCUT2D eigenvalue weighted by atomic mass is 19.1. The summed E-state index contributed by atoms with van der Waals surface area (Å²) >= 11 is 0. The summed E-state index contributed by atoms with van der Waals surface area (Å²) in [6.45, 7) is 3.69. The maximum absolute atomic E-state index is 13.4. The van der Waals surface area contributed by atoms with Gasteiger partial charge in [-0.2, -0.15) is 0 Å². The van der Waals surface area contributed by atoms with E-state index in [4.69, 9.17) is 0 Å². The number of halogens is 1. The molecule has 19 heavy (non-hydrogen) atoms. The van der Waals surface area contributed by atoms with Crippen LogP contribution in [0.3, 0.4) is 0 Å². The van der Waals surface area contributed by atoms with Gasteiger partial charge in [-0.05, 0) is 25.0 Å². The lowest BCUT2D eigenvalue weighted by molar-refractivity contribution is -0.119. The number of aliphatic hydroxyl groups is 1. The molecular formula is C15H20FNO2. The van der Waals surface area contributed by atoms with Crippen molar-refractivity contribution in [3.8, 4) is 0 Å². The summed E-state index contributed by atoms with van der Waals surface area (Å²) in [4.78, 5) is 11.8. The first-order valence-electron chi connectivity index (χ1n) is 6.42. The molecule has 0 saturated heterocycles. The van der Waals surface area contributed by atoms with E-state index in [1.807, 2.05) is 13.8 Å². The smallest absolute Gasteiger partial charge is 0.244 e. The van der Waals surface area contributed by atoms with Gasteiger partial charge in [0.2, 0.25) is 5.91 Å². The fourth-order valence-corrected chi connectivity index (χ4v) is 1.77. The Bertz CT molecular complexity index is 445. The molecule has 4 heteroatoms. The summed E-state index contributed by atoms with van der Waals surface area (Å²) in [6, 6.07) is 6.24. The third kappa shape index (κ3) is 4.17. The van der Waals surface area contributed by atoms with Crippen molar-refractivity contribution in [2.24, 2.45) is 0 Å². The number of benzene rings is 1. The number of rotatable bonds is 6. The summed E-state index contributed by atoms with van der Waals surface area (Å²) in [5.41, 5.74) is -0.239. The molecule has 104 valence electrons. The molecule has 0 bridgehead atoms. The molecule has 0 radical (unpaired) electrons. The molecule has 1 aromatic rings. The van der Waals surface area contributed by atoms with Crippen LogP contribution >= 0.6 is 0 Å². The monoisotopic (exact) mass is 265 g/mol. The predicted molar refractivity (Wildman–Crippen MR) is 74.0 cm³/mol. The Morgan fingerprint density at radius 3 is 2.53 bits per heavy atom. The van der Waals surface area contributed by atoms with Gasteiger partial charge >= 0.3 is 0 Å². The van der Waals surface area contributed by atoms with Gasteiger partial charge in [0.15, 0.2) is 0 Å². The summed E-state index contributed by atoms with van der Waals surface area (Å²) < 4.78 is 13.4. The Hall–Kier alpha value is -1.68. The van der Waals surface area contributed by atoms with Crippen molar-refractivity contribution in [1.29, 1.82) is 0 Å². The zero-order valence-electron chi connectivity index (χ0n) is 11.3. The van der Waals surface area contributed by atoms with Gasteiger partial charge in [-0.3, -0.25) is 4.79 Å². The molecule has 0 saturated carbocycles. The normalized spacial score (nSPS) is 11.8. The second kappa shape index (κ2) is 7.04. The number of nitrogens with one attached hydrogen (secondary N) is 1. The van der Waals surface area contributed by atoms with Crippen LogP contribution in [-0.2, 0) is 4.79 Å². The van der Waals surface area contributed by atoms with Crippen LogP contribution in [0, 0.1) is 5.82 Å². The maximum atomic E-state index is 13.4. The molecule has 0 aliphatic rings. The minimum atomic E-state index is -0.601. The number of carbonyl (C=O) groups excluding carboxylic acids is 1. The van der Waals surface area contributed by atoms with E-state index in [2.05, 4.69) is 5.32 Å². The fourth-order valence-electron chi connectivity index (χ4n) is 1.77. The highest BCUT2D eigenvalue weighted by molar-refractivity contribution is 5.92. The Labute approximate surface area is 113 Å². The Morgan fingerprint density at radius 1 is 1.37 bits per heavy atom. The minimum absolute atomic E-state index is 0.112. The molecule has 0 aliphatic carbocycles. The topological polar surface area (TPSA) is 49.3 Å². The molecule has 1 amide bonds. The summed E-state index contributed by atoms with van der Waals surface area (Å²) in [6.07, 6.45) is 3.99. The van der Waals surface area contributed by atoms with Crippen molar-refractivity contribution in [2.75, 3.05) is 6.61 Å². The molecule has 0 fully saturated rings. The highest BCUT2D eigenvalue weighted by Crippen LogP contribution is 2.14. The zero-order chi connectivity index (χ0) is 14.3. The van der Waals surface area contributed by atoms with E-state index in [-0.39, 0.29) is 18.3 Å². The maximum Gasteiger partial charge on any atom is 0.244 e. The van der Waals surface area contributed by atoms with E-state index >= 15 is 0 Å². The van der Waals surface area contributed by atoms with Crippen molar-refractivity contribution < 1.29 is 14.3 Å². The highest BCUT2D eigenvalue weighted by Gasteiger charge is 2.26. The largest absolute Gasteiger partial charge is 0.394 e. The molecule has 2 N–H and O–H groups in total. The lowest BCUT2D eigenvalue weighted by atomic mass is 9.94. The third-order valence-electron chi connectivity index (χ3n) is 3.36. The summed E-state index contributed by atoms with van der Waals surface area (Å²) in [5.74, 6) is -0.702.